The van der Waals surface area contributed by atoms with E-state index in [2.05, 4.69) is 70.7 Å². The van der Waals surface area contributed by atoms with Gasteiger partial charge in [0, 0.05) is 24.4 Å². The lowest BCUT2D eigenvalue weighted by atomic mass is 9.93. The standard InChI is InChI=1S/C43H53N7O5/c1-25(2)38(48-43(53)54-4)42(52)50-36-10-5-7-31(36)21-37(50)40-45-23-35(47-40)30-17-13-28(14-18-30)27-11-15-29(16-12-27)34-22-44-39(46-34)32-8-6-9-33(32)41(51)49-19-20-55-24-26(49)3/h11-18,22-23,25-26,31-33,36-38H,5-10,19-21,24H2,1-4H3,(H,44,46)(H,45,47)(H,48,53)/t26-,31+,32-,33-,36+,37+,38+/m1/s1. The van der Waals surface area contributed by atoms with Crippen LogP contribution in [0.3, 0.4) is 0 Å². The highest BCUT2D eigenvalue weighted by atomic mass is 16.5. The SMILES string of the molecule is COC(=O)N[C@H](C(=O)N1[C@H](c2ncc(-c3ccc(-c4ccc(-c5cnc([C@@H]6CCC[C@H]6C(=O)N6CCOC[C@H]6C)[nH]5)cc4)cc3)[nH]2)C[C@@H]2CCC[C@@H]21)C(C)C. The maximum Gasteiger partial charge on any atom is 0.407 e. The summed E-state index contributed by atoms with van der Waals surface area (Å²) in [6.45, 7) is 7.82. The Kier molecular flexibility index (Phi) is 10.5. The quantitative estimate of drug-likeness (QED) is 0.166. The summed E-state index contributed by atoms with van der Waals surface area (Å²) in [7, 11) is 1.32. The van der Waals surface area contributed by atoms with Crippen molar-refractivity contribution in [2.24, 2.45) is 17.8 Å². The minimum Gasteiger partial charge on any atom is -0.453 e. The number of H-pyrrole nitrogens is 2. The van der Waals surface area contributed by atoms with E-state index in [-0.39, 0.29) is 47.7 Å². The van der Waals surface area contributed by atoms with Gasteiger partial charge in [-0.3, -0.25) is 9.59 Å². The largest absolute Gasteiger partial charge is 0.453 e. The first-order valence-electron chi connectivity index (χ1n) is 20.1. The van der Waals surface area contributed by atoms with E-state index in [0.29, 0.717) is 25.7 Å². The lowest BCUT2D eigenvalue weighted by Gasteiger charge is -2.36. The summed E-state index contributed by atoms with van der Waals surface area (Å²) in [5, 5.41) is 2.78. The van der Waals surface area contributed by atoms with Gasteiger partial charge in [0.1, 0.15) is 17.7 Å². The number of hydrogen-bond acceptors (Lipinski definition) is 7. The molecule has 12 heteroatoms. The third kappa shape index (κ3) is 7.28. The van der Waals surface area contributed by atoms with Crippen molar-refractivity contribution in [2.75, 3.05) is 26.9 Å². The number of ether oxygens (including phenoxy) is 2. The molecule has 2 aromatic heterocycles. The number of nitrogens with one attached hydrogen (secondary N) is 3. The van der Waals surface area contributed by atoms with E-state index in [1.54, 1.807) is 0 Å². The van der Waals surface area contributed by atoms with E-state index in [1.165, 1.54) is 7.11 Å². The number of carbonyl (C=O) groups is 3. The summed E-state index contributed by atoms with van der Waals surface area (Å²) in [5.41, 5.74) is 6.12. The van der Waals surface area contributed by atoms with Gasteiger partial charge in [-0.2, -0.15) is 0 Å². The summed E-state index contributed by atoms with van der Waals surface area (Å²) in [6, 6.07) is 16.3. The monoisotopic (exact) mass is 747 g/mol. The number of amides is 3. The second-order valence-corrected chi connectivity index (χ2v) is 16.2. The molecule has 4 aromatic rings. The average Bonchev–Trinajstić information content (AvgIpc) is 4.05. The summed E-state index contributed by atoms with van der Waals surface area (Å²) < 4.78 is 10.4. The fraction of sp³-hybridized carbons (Fsp3) is 0.512. The summed E-state index contributed by atoms with van der Waals surface area (Å²) in [5.74, 6) is 2.24. The molecule has 0 spiro atoms. The molecule has 4 fully saturated rings. The minimum absolute atomic E-state index is 0.0427. The van der Waals surface area contributed by atoms with Gasteiger partial charge in [0.15, 0.2) is 0 Å². The topological polar surface area (TPSA) is 146 Å². The molecule has 4 heterocycles. The van der Waals surface area contributed by atoms with Crippen molar-refractivity contribution in [1.29, 1.82) is 0 Å². The second kappa shape index (κ2) is 15.6. The van der Waals surface area contributed by atoms with Gasteiger partial charge in [0.05, 0.1) is 56.2 Å². The highest BCUT2D eigenvalue weighted by Gasteiger charge is 2.49. The molecular formula is C43H53N7O5. The molecule has 2 aliphatic carbocycles. The van der Waals surface area contributed by atoms with Crippen LogP contribution < -0.4 is 5.32 Å². The van der Waals surface area contributed by atoms with Crippen molar-refractivity contribution in [3.05, 3.63) is 72.6 Å². The number of aromatic amines is 2. The molecule has 3 amide bonds. The van der Waals surface area contributed by atoms with Gasteiger partial charge < -0.3 is 34.6 Å². The average molecular weight is 748 g/mol. The van der Waals surface area contributed by atoms with E-state index in [1.807, 2.05) is 36.0 Å². The zero-order valence-electron chi connectivity index (χ0n) is 32.3. The fourth-order valence-corrected chi connectivity index (χ4v) is 9.57. The summed E-state index contributed by atoms with van der Waals surface area (Å²) in [6.07, 6.45) is 10.1. The van der Waals surface area contributed by atoms with Gasteiger partial charge in [-0.15, -0.1) is 0 Å². The van der Waals surface area contributed by atoms with Crippen LogP contribution in [-0.2, 0) is 19.1 Å². The first-order valence-corrected chi connectivity index (χ1v) is 20.1. The van der Waals surface area contributed by atoms with Crippen molar-refractivity contribution in [1.82, 2.24) is 35.1 Å². The van der Waals surface area contributed by atoms with Gasteiger partial charge in [-0.05, 0) is 73.1 Å². The maximum absolute atomic E-state index is 14.1. The number of aromatic nitrogens is 4. The number of fused-ring (bicyclic) bond motifs is 1. The molecule has 3 N–H and O–H groups in total. The van der Waals surface area contributed by atoms with Crippen molar-refractivity contribution >= 4 is 17.9 Å². The number of likely N-dealkylation sites (tertiary alicyclic amines) is 1. The van der Waals surface area contributed by atoms with Crippen LogP contribution in [0.25, 0.3) is 33.6 Å². The van der Waals surface area contributed by atoms with Gasteiger partial charge in [-0.25, -0.2) is 14.8 Å². The second-order valence-electron chi connectivity index (χ2n) is 16.2. The molecule has 12 nitrogen and oxygen atoms in total. The van der Waals surface area contributed by atoms with Crippen LogP contribution in [0.15, 0.2) is 60.9 Å². The molecule has 2 aromatic carbocycles. The zero-order valence-corrected chi connectivity index (χ0v) is 32.3. The highest BCUT2D eigenvalue weighted by Crippen LogP contribution is 2.48. The van der Waals surface area contributed by atoms with Crippen molar-refractivity contribution in [2.45, 2.75) is 95.8 Å². The number of rotatable bonds is 9. The lowest BCUT2D eigenvalue weighted by molar-refractivity contribution is -0.144. The normalized spacial score (nSPS) is 25.6. The highest BCUT2D eigenvalue weighted by molar-refractivity contribution is 5.87. The van der Waals surface area contributed by atoms with Crippen molar-refractivity contribution < 1.29 is 23.9 Å². The molecule has 7 atom stereocenters. The van der Waals surface area contributed by atoms with Crippen LogP contribution in [0, 0.1) is 17.8 Å². The van der Waals surface area contributed by atoms with Gasteiger partial charge in [0.2, 0.25) is 11.8 Å². The fourth-order valence-electron chi connectivity index (χ4n) is 9.57. The number of alkyl carbamates (subject to hydrolysis) is 1. The smallest absolute Gasteiger partial charge is 0.407 e. The molecule has 0 bridgehead atoms. The Balaban J connectivity index is 0.940. The van der Waals surface area contributed by atoms with E-state index in [4.69, 9.17) is 19.4 Å². The Labute approximate surface area is 322 Å². The molecule has 0 radical (unpaired) electrons. The summed E-state index contributed by atoms with van der Waals surface area (Å²) >= 11 is 0. The van der Waals surface area contributed by atoms with Crippen LogP contribution in [0.5, 0.6) is 0 Å². The molecule has 2 saturated carbocycles. The Morgan fingerprint density at radius 3 is 2.11 bits per heavy atom. The lowest BCUT2D eigenvalue weighted by Crippen LogP contribution is -2.53. The molecule has 8 rings (SSSR count). The number of carbonyl (C=O) groups excluding carboxylic acids is 3. The molecule has 4 aliphatic rings. The van der Waals surface area contributed by atoms with Crippen LogP contribution >= 0.6 is 0 Å². The van der Waals surface area contributed by atoms with Gasteiger partial charge >= 0.3 is 6.09 Å². The minimum atomic E-state index is -0.672. The Morgan fingerprint density at radius 1 is 0.855 bits per heavy atom. The number of imidazole rings is 2. The molecule has 2 saturated heterocycles. The van der Waals surface area contributed by atoms with Crippen LogP contribution in [0.4, 0.5) is 4.79 Å². The first kappa shape index (κ1) is 37.0. The maximum atomic E-state index is 14.1. The van der Waals surface area contributed by atoms with Crippen molar-refractivity contribution in [3.63, 3.8) is 0 Å². The van der Waals surface area contributed by atoms with Crippen LogP contribution in [0.1, 0.15) is 89.3 Å². The van der Waals surface area contributed by atoms with E-state index in [9.17, 15) is 14.4 Å². The summed E-state index contributed by atoms with van der Waals surface area (Å²) in [4.78, 5) is 60.4. The van der Waals surface area contributed by atoms with E-state index >= 15 is 0 Å². The number of methoxy groups -OCH3 is 1. The molecule has 0 unspecified atom stereocenters. The van der Waals surface area contributed by atoms with Crippen LogP contribution in [0.2, 0.25) is 0 Å². The predicted molar refractivity (Wildman–Crippen MR) is 209 cm³/mol. The Hall–Kier alpha value is -4.97. The Bertz CT molecular complexity index is 1990. The van der Waals surface area contributed by atoms with Gasteiger partial charge in [0.25, 0.3) is 0 Å². The number of morpholine rings is 1. The van der Waals surface area contributed by atoms with E-state index in [0.717, 1.165) is 90.2 Å². The number of nitrogens with zero attached hydrogens (tertiary/aromatic N) is 4. The predicted octanol–water partition coefficient (Wildman–Crippen LogP) is 7.09. The Morgan fingerprint density at radius 2 is 1.47 bits per heavy atom. The van der Waals surface area contributed by atoms with E-state index < -0.39 is 12.1 Å². The zero-order chi connectivity index (χ0) is 38.2. The number of hydrogen-bond donors (Lipinski definition) is 3. The molecule has 2 aliphatic heterocycles. The third-order valence-electron chi connectivity index (χ3n) is 12.6. The van der Waals surface area contributed by atoms with Crippen LogP contribution in [-0.4, -0.2) is 92.6 Å². The van der Waals surface area contributed by atoms with Crippen molar-refractivity contribution in [3.8, 4) is 33.6 Å². The molecule has 55 heavy (non-hydrogen) atoms. The third-order valence-corrected chi connectivity index (χ3v) is 12.6. The first-order chi connectivity index (χ1) is 26.7. The molecule has 290 valence electrons. The van der Waals surface area contributed by atoms with Gasteiger partial charge in [-0.1, -0.05) is 75.2 Å². The molecular weight excluding hydrogens is 695 g/mol. The number of benzene rings is 2.